The summed E-state index contributed by atoms with van der Waals surface area (Å²) in [6, 6.07) is 8.19. The zero-order valence-electron chi connectivity index (χ0n) is 16.4. The van der Waals surface area contributed by atoms with Crippen LogP contribution < -0.4 is 0 Å². The number of aromatic nitrogens is 3. The van der Waals surface area contributed by atoms with Crippen LogP contribution in [0.1, 0.15) is 51.0 Å². The van der Waals surface area contributed by atoms with Gasteiger partial charge in [-0.2, -0.15) is 5.10 Å². The molecule has 3 rings (SSSR count). The molecular formula is C21H30N4OS. The first-order valence-electron chi connectivity index (χ1n) is 10.1. The van der Waals surface area contributed by atoms with Crippen molar-refractivity contribution in [3.8, 4) is 11.4 Å². The van der Waals surface area contributed by atoms with Crippen LogP contribution in [0.15, 0.2) is 24.3 Å². The van der Waals surface area contributed by atoms with E-state index in [2.05, 4.69) is 36.2 Å². The van der Waals surface area contributed by atoms with E-state index in [-0.39, 0.29) is 5.91 Å². The molecule has 2 heterocycles. The number of nitrogens with one attached hydrogen (secondary N) is 1. The van der Waals surface area contributed by atoms with Crippen molar-refractivity contribution < 1.29 is 4.79 Å². The molecular weight excluding hydrogens is 356 g/mol. The SMILES string of the molecule is CCCC1CCCN(C(=O)CCn2c(-c3cccc(C)c3)n[nH]c2=S)CC1. The highest BCUT2D eigenvalue weighted by Gasteiger charge is 2.20. The molecule has 1 fully saturated rings. The minimum atomic E-state index is 0.227. The largest absolute Gasteiger partial charge is 0.343 e. The third kappa shape index (κ3) is 5.06. The van der Waals surface area contributed by atoms with Gasteiger partial charge in [-0.25, -0.2) is 0 Å². The molecule has 0 bridgehead atoms. The van der Waals surface area contributed by atoms with Crippen molar-refractivity contribution in [1.82, 2.24) is 19.7 Å². The van der Waals surface area contributed by atoms with Gasteiger partial charge in [-0.3, -0.25) is 14.5 Å². The zero-order valence-corrected chi connectivity index (χ0v) is 17.2. The molecule has 0 radical (unpaired) electrons. The molecule has 1 atom stereocenters. The number of amides is 1. The summed E-state index contributed by atoms with van der Waals surface area (Å²) >= 11 is 5.40. The van der Waals surface area contributed by atoms with E-state index < -0.39 is 0 Å². The predicted octanol–water partition coefficient (Wildman–Crippen LogP) is 4.74. The van der Waals surface area contributed by atoms with Crippen molar-refractivity contribution in [2.45, 2.75) is 58.9 Å². The molecule has 1 aliphatic rings. The number of aromatic amines is 1. The summed E-state index contributed by atoms with van der Waals surface area (Å²) in [6.45, 7) is 6.65. The fourth-order valence-corrected chi connectivity index (χ4v) is 4.23. The van der Waals surface area contributed by atoms with Gasteiger partial charge in [0.2, 0.25) is 5.91 Å². The van der Waals surface area contributed by atoms with E-state index in [0.717, 1.165) is 43.2 Å². The summed E-state index contributed by atoms with van der Waals surface area (Å²) in [5, 5.41) is 7.26. The molecule has 1 unspecified atom stereocenters. The lowest BCUT2D eigenvalue weighted by Crippen LogP contribution is -2.32. The highest BCUT2D eigenvalue weighted by Crippen LogP contribution is 2.23. The van der Waals surface area contributed by atoms with Gasteiger partial charge >= 0.3 is 0 Å². The third-order valence-electron chi connectivity index (χ3n) is 5.48. The van der Waals surface area contributed by atoms with Crippen molar-refractivity contribution in [3.05, 3.63) is 34.6 Å². The molecule has 1 aromatic heterocycles. The number of benzene rings is 1. The van der Waals surface area contributed by atoms with E-state index in [1.165, 1.54) is 24.8 Å². The van der Waals surface area contributed by atoms with Crippen LogP contribution in [0.3, 0.4) is 0 Å². The summed E-state index contributed by atoms with van der Waals surface area (Å²) < 4.78 is 2.51. The number of rotatable bonds is 6. The third-order valence-corrected chi connectivity index (χ3v) is 5.79. The van der Waals surface area contributed by atoms with Crippen LogP contribution >= 0.6 is 12.2 Å². The van der Waals surface area contributed by atoms with Crippen LogP contribution in [-0.2, 0) is 11.3 Å². The van der Waals surface area contributed by atoms with Gasteiger partial charge in [-0.1, -0.05) is 43.5 Å². The number of likely N-dealkylation sites (tertiary alicyclic amines) is 1. The van der Waals surface area contributed by atoms with Crippen molar-refractivity contribution in [1.29, 1.82) is 0 Å². The number of carbonyl (C=O) groups excluding carboxylic acids is 1. The number of hydrogen-bond donors (Lipinski definition) is 1. The van der Waals surface area contributed by atoms with Gasteiger partial charge in [0, 0.05) is 31.6 Å². The van der Waals surface area contributed by atoms with E-state index in [0.29, 0.717) is 17.7 Å². The molecule has 1 N–H and O–H groups in total. The number of H-pyrrole nitrogens is 1. The molecule has 0 saturated carbocycles. The van der Waals surface area contributed by atoms with Crippen LogP contribution in [-0.4, -0.2) is 38.7 Å². The van der Waals surface area contributed by atoms with E-state index in [1.54, 1.807) is 0 Å². The molecule has 0 aliphatic carbocycles. The Morgan fingerprint density at radius 2 is 2.19 bits per heavy atom. The Morgan fingerprint density at radius 3 is 2.96 bits per heavy atom. The number of nitrogens with zero attached hydrogens (tertiary/aromatic N) is 3. The minimum Gasteiger partial charge on any atom is -0.343 e. The summed E-state index contributed by atoms with van der Waals surface area (Å²) in [5.74, 6) is 1.81. The topological polar surface area (TPSA) is 53.9 Å². The Balaban J connectivity index is 1.64. The fourth-order valence-electron chi connectivity index (χ4n) is 4.01. The van der Waals surface area contributed by atoms with Gasteiger partial charge in [-0.15, -0.1) is 0 Å². The van der Waals surface area contributed by atoms with Crippen molar-refractivity contribution >= 4 is 18.1 Å². The monoisotopic (exact) mass is 386 g/mol. The number of hydrogen-bond acceptors (Lipinski definition) is 3. The van der Waals surface area contributed by atoms with Crippen LogP contribution in [0.2, 0.25) is 0 Å². The van der Waals surface area contributed by atoms with Gasteiger partial charge in [0.15, 0.2) is 10.6 Å². The van der Waals surface area contributed by atoms with Crippen LogP contribution in [0.25, 0.3) is 11.4 Å². The summed E-state index contributed by atoms with van der Waals surface area (Å²) in [5.41, 5.74) is 2.20. The van der Waals surface area contributed by atoms with Crippen LogP contribution in [0.4, 0.5) is 0 Å². The Morgan fingerprint density at radius 1 is 1.33 bits per heavy atom. The van der Waals surface area contributed by atoms with Gasteiger partial charge in [-0.05, 0) is 50.4 Å². The van der Waals surface area contributed by atoms with Gasteiger partial charge < -0.3 is 4.90 Å². The Bertz CT molecular complexity index is 826. The average molecular weight is 387 g/mol. The quantitative estimate of drug-likeness (QED) is 0.730. The minimum absolute atomic E-state index is 0.227. The Hall–Kier alpha value is -1.95. The number of carbonyl (C=O) groups is 1. The molecule has 27 heavy (non-hydrogen) atoms. The maximum absolute atomic E-state index is 12.8. The van der Waals surface area contributed by atoms with Crippen LogP contribution in [0.5, 0.6) is 0 Å². The van der Waals surface area contributed by atoms with E-state index in [9.17, 15) is 4.79 Å². The molecule has 5 nitrogen and oxygen atoms in total. The van der Waals surface area contributed by atoms with Crippen molar-refractivity contribution in [3.63, 3.8) is 0 Å². The maximum Gasteiger partial charge on any atom is 0.224 e. The second-order valence-electron chi connectivity index (χ2n) is 7.59. The summed E-state index contributed by atoms with van der Waals surface area (Å²) in [6.07, 6.45) is 6.49. The lowest BCUT2D eigenvalue weighted by molar-refractivity contribution is -0.131. The first-order valence-corrected chi connectivity index (χ1v) is 10.5. The van der Waals surface area contributed by atoms with Gasteiger partial charge in [0.1, 0.15) is 0 Å². The molecule has 6 heteroatoms. The number of aryl methyl sites for hydroxylation is 1. The molecule has 146 valence electrons. The predicted molar refractivity (Wildman–Crippen MR) is 111 cm³/mol. The molecule has 1 amide bonds. The first-order chi connectivity index (χ1) is 13.1. The smallest absolute Gasteiger partial charge is 0.224 e. The van der Waals surface area contributed by atoms with Crippen LogP contribution in [0, 0.1) is 17.6 Å². The second-order valence-corrected chi connectivity index (χ2v) is 7.98. The standard InChI is InChI=1S/C21H30N4OS/c1-3-6-17-8-5-12-24(13-10-17)19(26)11-14-25-20(22-23-21(25)27)18-9-4-7-16(2)15-18/h4,7,9,15,17H,3,5-6,8,10-14H2,1-2H3,(H,23,27). The highest BCUT2D eigenvalue weighted by molar-refractivity contribution is 7.71. The summed E-state index contributed by atoms with van der Waals surface area (Å²) in [7, 11) is 0. The molecule has 0 spiro atoms. The maximum atomic E-state index is 12.8. The summed E-state index contributed by atoms with van der Waals surface area (Å²) in [4.78, 5) is 14.8. The highest BCUT2D eigenvalue weighted by atomic mass is 32.1. The van der Waals surface area contributed by atoms with Gasteiger partial charge in [0.05, 0.1) is 0 Å². The molecule has 1 saturated heterocycles. The second kappa shape index (κ2) is 9.31. The first kappa shape index (κ1) is 19.8. The van der Waals surface area contributed by atoms with Gasteiger partial charge in [0.25, 0.3) is 0 Å². The van der Waals surface area contributed by atoms with Crippen molar-refractivity contribution in [2.75, 3.05) is 13.1 Å². The van der Waals surface area contributed by atoms with E-state index >= 15 is 0 Å². The zero-order chi connectivity index (χ0) is 19.2. The normalized spacial score (nSPS) is 17.7. The lowest BCUT2D eigenvalue weighted by atomic mass is 9.96. The Labute approximate surface area is 166 Å². The van der Waals surface area contributed by atoms with Crippen molar-refractivity contribution in [2.24, 2.45) is 5.92 Å². The molecule has 1 aromatic carbocycles. The van der Waals surface area contributed by atoms with E-state index in [4.69, 9.17) is 12.2 Å². The molecule has 1 aliphatic heterocycles. The average Bonchev–Trinajstić information content (AvgIpc) is 2.86. The fraction of sp³-hybridized carbons (Fsp3) is 0.571. The van der Waals surface area contributed by atoms with E-state index in [1.807, 2.05) is 21.6 Å². The lowest BCUT2D eigenvalue weighted by Gasteiger charge is -2.21. The Kier molecular flexibility index (Phi) is 6.83. The molecule has 2 aromatic rings.